The van der Waals surface area contributed by atoms with E-state index in [1.807, 2.05) is 0 Å². The summed E-state index contributed by atoms with van der Waals surface area (Å²) in [6, 6.07) is 20.0. The summed E-state index contributed by atoms with van der Waals surface area (Å²) < 4.78 is 0. The van der Waals surface area contributed by atoms with Crippen LogP contribution in [-0.4, -0.2) is 7.05 Å². The van der Waals surface area contributed by atoms with Crippen LogP contribution in [0.4, 0.5) is 5.69 Å². The van der Waals surface area contributed by atoms with E-state index in [0.29, 0.717) is 0 Å². The average molecular weight is 249 g/mol. The molecule has 0 saturated heterocycles. The van der Waals surface area contributed by atoms with Gasteiger partial charge < -0.3 is 4.90 Å². The fourth-order valence-corrected chi connectivity index (χ4v) is 3.85. The van der Waals surface area contributed by atoms with Gasteiger partial charge in [0.2, 0.25) is 0 Å². The predicted octanol–water partition coefficient (Wildman–Crippen LogP) is 3.98. The summed E-state index contributed by atoms with van der Waals surface area (Å²) >= 11 is 0. The molecule has 1 nitrogen and oxygen atoms in total. The lowest BCUT2D eigenvalue weighted by atomic mass is 9.81. The van der Waals surface area contributed by atoms with E-state index in [-0.39, 0.29) is 5.54 Å². The highest BCUT2D eigenvalue weighted by Crippen LogP contribution is 2.56. The van der Waals surface area contributed by atoms with Crippen LogP contribution in [-0.2, 0) is 12.0 Å². The molecule has 2 aromatic rings. The molecule has 1 saturated carbocycles. The van der Waals surface area contributed by atoms with E-state index < -0.39 is 0 Å². The molecule has 0 spiro atoms. The molecule has 0 N–H and O–H groups in total. The van der Waals surface area contributed by atoms with Crippen LogP contribution < -0.4 is 4.90 Å². The van der Waals surface area contributed by atoms with Crippen LogP contribution in [0, 0.1) is 5.92 Å². The maximum Gasteiger partial charge on any atom is 0.0719 e. The molecule has 0 amide bonds. The number of hydrogen-bond donors (Lipinski definition) is 0. The fraction of sp³-hybridized carbons (Fsp3) is 0.333. The van der Waals surface area contributed by atoms with Crippen molar-refractivity contribution in [2.45, 2.75) is 24.8 Å². The fourth-order valence-electron chi connectivity index (χ4n) is 3.85. The lowest BCUT2D eigenvalue weighted by molar-refractivity contribution is 0.383. The van der Waals surface area contributed by atoms with Gasteiger partial charge in [-0.15, -0.1) is 0 Å². The summed E-state index contributed by atoms with van der Waals surface area (Å²) in [6.07, 6.45) is 3.90. The SMILES string of the molecule is CN1c2ccccc2CC1(c1ccccc1)C1CC1. The monoisotopic (exact) mass is 249 g/mol. The number of anilines is 1. The molecule has 1 heterocycles. The van der Waals surface area contributed by atoms with Gasteiger partial charge in [0, 0.05) is 19.2 Å². The average Bonchev–Trinajstić information content (AvgIpc) is 3.27. The van der Waals surface area contributed by atoms with Crippen LogP contribution in [0.3, 0.4) is 0 Å². The Bertz CT molecular complexity index is 600. The topological polar surface area (TPSA) is 3.24 Å². The minimum atomic E-state index is 0.199. The van der Waals surface area contributed by atoms with E-state index in [1.165, 1.54) is 29.7 Å². The van der Waals surface area contributed by atoms with Gasteiger partial charge in [0.15, 0.2) is 0 Å². The molecule has 2 aliphatic rings. The molecule has 2 aromatic carbocycles. The summed E-state index contributed by atoms with van der Waals surface area (Å²) in [5.41, 5.74) is 4.60. The van der Waals surface area contributed by atoms with Crippen molar-refractivity contribution in [1.29, 1.82) is 0 Å². The van der Waals surface area contributed by atoms with E-state index in [4.69, 9.17) is 0 Å². The van der Waals surface area contributed by atoms with Gasteiger partial charge in [0.25, 0.3) is 0 Å². The Morgan fingerprint density at radius 1 is 0.947 bits per heavy atom. The van der Waals surface area contributed by atoms with E-state index >= 15 is 0 Å². The molecule has 0 bridgehead atoms. The highest BCUT2D eigenvalue weighted by Gasteiger charge is 2.52. The Morgan fingerprint density at radius 3 is 2.32 bits per heavy atom. The van der Waals surface area contributed by atoms with Crippen molar-refractivity contribution in [2.24, 2.45) is 5.92 Å². The van der Waals surface area contributed by atoms with Crippen LogP contribution in [0.15, 0.2) is 54.6 Å². The Balaban J connectivity index is 1.88. The molecule has 1 fully saturated rings. The van der Waals surface area contributed by atoms with Crippen LogP contribution in [0.2, 0.25) is 0 Å². The number of likely N-dealkylation sites (N-methyl/N-ethyl adjacent to an activating group) is 1. The molecule has 1 unspecified atom stereocenters. The maximum absolute atomic E-state index is 2.54. The first-order chi connectivity index (χ1) is 9.32. The third-order valence-corrected chi connectivity index (χ3v) is 4.94. The predicted molar refractivity (Wildman–Crippen MR) is 79.4 cm³/mol. The Kier molecular flexibility index (Phi) is 2.26. The van der Waals surface area contributed by atoms with Crippen molar-refractivity contribution >= 4 is 5.69 Å². The minimum absolute atomic E-state index is 0.199. The van der Waals surface area contributed by atoms with Gasteiger partial charge >= 0.3 is 0 Å². The van der Waals surface area contributed by atoms with Crippen LogP contribution >= 0.6 is 0 Å². The lowest BCUT2D eigenvalue weighted by Gasteiger charge is -2.39. The van der Waals surface area contributed by atoms with Crippen molar-refractivity contribution in [3.8, 4) is 0 Å². The Hall–Kier alpha value is -1.76. The second-order valence-corrected chi connectivity index (χ2v) is 5.93. The standard InChI is InChI=1S/C18H19N/c1-19-17-10-6-5-7-14(17)13-18(19,16-11-12-16)15-8-3-2-4-9-15/h2-10,16H,11-13H2,1H3. The summed E-state index contributed by atoms with van der Waals surface area (Å²) in [6.45, 7) is 0. The van der Waals surface area contributed by atoms with Gasteiger partial charge in [-0.2, -0.15) is 0 Å². The smallest absolute Gasteiger partial charge is 0.0719 e. The number of benzene rings is 2. The molecule has 1 atom stereocenters. The first kappa shape index (κ1) is 11.1. The maximum atomic E-state index is 2.54. The largest absolute Gasteiger partial charge is 0.364 e. The molecule has 0 aromatic heterocycles. The number of fused-ring (bicyclic) bond motifs is 1. The van der Waals surface area contributed by atoms with Crippen LogP contribution in [0.5, 0.6) is 0 Å². The van der Waals surface area contributed by atoms with Gasteiger partial charge in [-0.1, -0.05) is 48.5 Å². The van der Waals surface area contributed by atoms with Gasteiger partial charge in [-0.3, -0.25) is 0 Å². The Labute approximate surface area is 114 Å². The third-order valence-electron chi connectivity index (χ3n) is 4.94. The van der Waals surface area contributed by atoms with E-state index in [1.54, 1.807) is 0 Å². The van der Waals surface area contributed by atoms with Crippen molar-refractivity contribution in [3.63, 3.8) is 0 Å². The third kappa shape index (κ3) is 1.48. The first-order valence-electron chi connectivity index (χ1n) is 7.19. The molecule has 1 heteroatoms. The Morgan fingerprint density at radius 2 is 1.63 bits per heavy atom. The van der Waals surface area contributed by atoms with E-state index in [9.17, 15) is 0 Å². The molecule has 4 rings (SSSR count). The van der Waals surface area contributed by atoms with E-state index in [2.05, 4.69) is 66.5 Å². The second-order valence-electron chi connectivity index (χ2n) is 5.93. The lowest BCUT2D eigenvalue weighted by Crippen LogP contribution is -2.43. The van der Waals surface area contributed by atoms with Crippen molar-refractivity contribution in [2.75, 3.05) is 11.9 Å². The highest BCUT2D eigenvalue weighted by molar-refractivity contribution is 5.63. The number of nitrogens with zero attached hydrogens (tertiary/aromatic N) is 1. The second kappa shape index (κ2) is 3.86. The summed E-state index contributed by atoms with van der Waals surface area (Å²) in [4.78, 5) is 2.54. The molecule has 1 aliphatic carbocycles. The number of para-hydroxylation sites is 1. The molecule has 96 valence electrons. The van der Waals surface area contributed by atoms with Gasteiger partial charge in [0.05, 0.1) is 5.54 Å². The highest BCUT2D eigenvalue weighted by atomic mass is 15.2. The zero-order valence-electron chi connectivity index (χ0n) is 11.3. The molecular formula is C18H19N. The summed E-state index contributed by atoms with van der Waals surface area (Å²) in [7, 11) is 2.27. The number of hydrogen-bond acceptors (Lipinski definition) is 1. The first-order valence-corrected chi connectivity index (χ1v) is 7.19. The normalized spacial score (nSPS) is 25.4. The number of rotatable bonds is 2. The zero-order valence-corrected chi connectivity index (χ0v) is 11.3. The minimum Gasteiger partial charge on any atom is -0.364 e. The summed E-state index contributed by atoms with van der Waals surface area (Å²) in [5, 5.41) is 0. The summed E-state index contributed by atoms with van der Waals surface area (Å²) in [5.74, 6) is 0.812. The van der Waals surface area contributed by atoms with Crippen molar-refractivity contribution in [3.05, 3.63) is 65.7 Å². The molecule has 19 heavy (non-hydrogen) atoms. The van der Waals surface area contributed by atoms with Gasteiger partial charge in [-0.05, 0) is 36.0 Å². The quantitative estimate of drug-likeness (QED) is 0.778. The molecule has 0 radical (unpaired) electrons. The van der Waals surface area contributed by atoms with Crippen LogP contribution in [0.1, 0.15) is 24.0 Å². The van der Waals surface area contributed by atoms with Crippen molar-refractivity contribution in [1.82, 2.24) is 0 Å². The molecular weight excluding hydrogens is 230 g/mol. The van der Waals surface area contributed by atoms with E-state index in [0.717, 1.165) is 12.3 Å². The van der Waals surface area contributed by atoms with Gasteiger partial charge in [0.1, 0.15) is 0 Å². The molecule has 1 aliphatic heterocycles. The zero-order chi connectivity index (χ0) is 12.9. The van der Waals surface area contributed by atoms with Gasteiger partial charge in [-0.25, -0.2) is 0 Å². The van der Waals surface area contributed by atoms with Crippen LogP contribution in [0.25, 0.3) is 0 Å². The van der Waals surface area contributed by atoms with Crippen molar-refractivity contribution < 1.29 is 0 Å².